The highest BCUT2D eigenvalue weighted by Crippen LogP contribution is 2.43. The van der Waals surface area contributed by atoms with Gasteiger partial charge in [0.2, 0.25) is 10.0 Å². The lowest BCUT2D eigenvalue weighted by molar-refractivity contribution is -0.384. The largest absolute Gasteiger partial charge is 0.497 e. The number of halogens is 1. The molecule has 0 spiro atoms. The Morgan fingerprint density at radius 3 is 2.58 bits per heavy atom. The van der Waals surface area contributed by atoms with Crippen LogP contribution in [0.4, 0.5) is 5.69 Å². The number of nitro benzene ring substituents is 1. The molecule has 1 fully saturated rings. The second-order valence-electron chi connectivity index (χ2n) is 5.48. The highest BCUT2D eigenvalue weighted by molar-refractivity contribution is 8.01. The van der Waals surface area contributed by atoms with Crippen LogP contribution in [0.1, 0.15) is 10.9 Å². The van der Waals surface area contributed by atoms with Crippen LogP contribution >= 0.6 is 23.4 Å². The molecule has 3 rings (SSSR count). The van der Waals surface area contributed by atoms with Gasteiger partial charge in [-0.2, -0.15) is 4.31 Å². The van der Waals surface area contributed by atoms with Crippen molar-refractivity contribution in [2.45, 2.75) is 10.3 Å². The number of thioether (sulfide) groups is 1. The number of hydrogen-bond acceptors (Lipinski definition) is 6. The van der Waals surface area contributed by atoms with Crippen LogP contribution in [-0.4, -0.2) is 37.1 Å². The molecule has 0 amide bonds. The van der Waals surface area contributed by atoms with E-state index in [0.29, 0.717) is 23.6 Å². The number of nitrogens with zero attached hydrogens (tertiary/aromatic N) is 2. The van der Waals surface area contributed by atoms with Gasteiger partial charge in [-0.3, -0.25) is 10.1 Å². The Bertz CT molecular complexity index is 934. The number of benzene rings is 2. The molecule has 7 nitrogen and oxygen atoms in total. The SMILES string of the molecule is COc1ccc(S(=O)(=O)N2CCSC2c2ccc(Cl)c([N+](=O)[O-])c2)cc1. The van der Waals surface area contributed by atoms with E-state index in [2.05, 4.69) is 0 Å². The van der Waals surface area contributed by atoms with E-state index in [4.69, 9.17) is 16.3 Å². The molecule has 138 valence electrons. The minimum Gasteiger partial charge on any atom is -0.497 e. The standard InChI is InChI=1S/C16H15ClN2O5S2/c1-24-12-3-5-13(6-4-12)26(22,23)18-8-9-25-16(18)11-2-7-14(17)15(10-11)19(20)21/h2-7,10,16H,8-9H2,1H3. The zero-order valence-electron chi connectivity index (χ0n) is 13.7. The van der Waals surface area contributed by atoms with Crippen molar-refractivity contribution in [1.82, 2.24) is 4.31 Å². The third kappa shape index (κ3) is 3.52. The third-order valence-electron chi connectivity index (χ3n) is 3.97. The van der Waals surface area contributed by atoms with Crippen LogP contribution in [0, 0.1) is 10.1 Å². The number of methoxy groups -OCH3 is 1. The zero-order valence-corrected chi connectivity index (χ0v) is 16.1. The summed E-state index contributed by atoms with van der Waals surface area (Å²) in [5.74, 6) is 1.15. The van der Waals surface area contributed by atoms with Gasteiger partial charge in [0.05, 0.1) is 22.3 Å². The van der Waals surface area contributed by atoms with E-state index in [1.165, 1.54) is 47.4 Å². The van der Waals surface area contributed by atoms with Crippen molar-refractivity contribution in [1.29, 1.82) is 0 Å². The summed E-state index contributed by atoms with van der Waals surface area (Å²) in [6.45, 7) is 0.320. The molecule has 2 aromatic carbocycles. The van der Waals surface area contributed by atoms with E-state index in [1.807, 2.05) is 0 Å². The number of nitro groups is 1. The Morgan fingerprint density at radius 2 is 1.96 bits per heavy atom. The van der Waals surface area contributed by atoms with E-state index in [-0.39, 0.29) is 15.6 Å². The van der Waals surface area contributed by atoms with Gasteiger partial charge in [-0.05, 0) is 35.9 Å². The van der Waals surface area contributed by atoms with Gasteiger partial charge >= 0.3 is 0 Å². The summed E-state index contributed by atoms with van der Waals surface area (Å²) in [4.78, 5) is 10.7. The summed E-state index contributed by atoms with van der Waals surface area (Å²) >= 11 is 7.27. The summed E-state index contributed by atoms with van der Waals surface area (Å²) in [5.41, 5.74) is 0.291. The first-order valence-corrected chi connectivity index (χ1v) is 10.4. The van der Waals surface area contributed by atoms with Crippen molar-refractivity contribution in [2.24, 2.45) is 0 Å². The molecular weight excluding hydrogens is 400 g/mol. The van der Waals surface area contributed by atoms with Crippen molar-refractivity contribution < 1.29 is 18.1 Å². The third-order valence-corrected chi connectivity index (χ3v) is 7.56. The van der Waals surface area contributed by atoms with E-state index >= 15 is 0 Å². The second kappa shape index (κ2) is 7.43. The number of ether oxygens (including phenoxy) is 1. The predicted octanol–water partition coefficient (Wildman–Crippen LogP) is 3.69. The minimum absolute atomic E-state index is 0.0197. The molecule has 0 aliphatic carbocycles. The van der Waals surface area contributed by atoms with Crippen LogP contribution < -0.4 is 4.74 Å². The van der Waals surface area contributed by atoms with E-state index < -0.39 is 20.3 Å². The van der Waals surface area contributed by atoms with E-state index in [9.17, 15) is 18.5 Å². The molecule has 2 aromatic rings. The first-order chi connectivity index (χ1) is 12.3. The number of hydrogen-bond donors (Lipinski definition) is 0. The zero-order chi connectivity index (χ0) is 18.9. The van der Waals surface area contributed by atoms with Crippen LogP contribution in [0.15, 0.2) is 47.4 Å². The molecule has 1 atom stereocenters. The molecule has 1 heterocycles. The molecule has 0 saturated carbocycles. The summed E-state index contributed by atoms with van der Waals surface area (Å²) in [6.07, 6.45) is 0. The molecule has 10 heteroatoms. The van der Waals surface area contributed by atoms with Gasteiger partial charge in [0.1, 0.15) is 10.8 Å². The van der Waals surface area contributed by atoms with Crippen molar-refractivity contribution in [3.8, 4) is 5.75 Å². The highest BCUT2D eigenvalue weighted by Gasteiger charge is 2.37. The van der Waals surface area contributed by atoms with Crippen LogP contribution in [-0.2, 0) is 10.0 Å². The Hall–Kier alpha value is -1.81. The normalized spacial score (nSPS) is 18.0. The lowest BCUT2D eigenvalue weighted by Crippen LogP contribution is -2.30. The van der Waals surface area contributed by atoms with Crippen LogP contribution in [0.5, 0.6) is 5.75 Å². The maximum atomic E-state index is 13.0. The quantitative estimate of drug-likeness (QED) is 0.547. The van der Waals surface area contributed by atoms with Gasteiger partial charge in [-0.15, -0.1) is 11.8 Å². The van der Waals surface area contributed by atoms with Gasteiger partial charge in [-0.25, -0.2) is 8.42 Å². The van der Waals surface area contributed by atoms with Crippen LogP contribution in [0.2, 0.25) is 5.02 Å². The summed E-state index contributed by atoms with van der Waals surface area (Å²) in [5, 5.41) is 10.6. The molecule has 0 N–H and O–H groups in total. The molecule has 1 saturated heterocycles. The van der Waals surface area contributed by atoms with Gasteiger partial charge in [0, 0.05) is 18.4 Å². The molecule has 0 radical (unpaired) electrons. The lowest BCUT2D eigenvalue weighted by Gasteiger charge is -2.23. The molecule has 1 aliphatic heterocycles. The number of sulfonamides is 1. The smallest absolute Gasteiger partial charge is 0.288 e. The summed E-state index contributed by atoms with van der Waals surface area (Å²) in [6, 6.07) is 10.5. The first kappa shape index (κ1) is 19.0. The monoisotopic (exact) mass is 414 g/mol. The Morgan fingerprint density at radius 1 is 1.27 bits per heavy atom. The lowest BCUT2D eigenvalue weighted by atomic mass is 10.2. The molecule has 0 aromatic heterocycles. The van der Waals surface area contributed by atoms with Gasteiger partial charge < -0.3 is 4.74 Å². The van der Waals surface area contributed by atoms with Crippen LogP contribution in [0.3, 0.4) is 0 Å². The summed E-state index contributed by atoms with van der Waals surface area (Å²) in [7, 11) is -2.25. The maximum absolute atomic E-state index is 13.0. The van der Waals surface area contributed by atoms with Gasteiger partial charge in [0.15, 0.2) is 0 Å². The first-order valence-electron chi connectivity index (χ1n) is 7.56. The average molecular weight is 415 g/mol. The van der Waals surface area contributed by atoms with E-state index in [0.717, 1.165) is 0 Å². The summed E-state index contributed by atoms with van der Waals surface area (Å²) < 4.78 is 32.4. The molecule has 26 heavy (non-hydrogen) atoms. The topological polar surface area (TPSA) is 89.8 Å². The van der Waals surface area contributed by atoms with Gasteiger partial charge in [0.25, 0.3) is 5.69 Å². The van der Waals surface area contributed by atoms with E-state index in [1.54, 1.807) is 18.2 Å². The maximum Gasteiger partial charge on any atom is 0.288 e. The van der Waals surface area contributed by atoms with Crippen molar-refractivity contribution in [3.05, 3.63) is 63.2 Å². The fourth-order valence-corrected chi connectivity index (χ4v) is 6.09. The Labute approximate surface area is 160 Å². The second-order valence-corrected chi connectivity index (χ2v) is 8.97. The van der Waals surface area contributed by atoms with Gasteiger partial charge in [-0.1, -0.05) is 17.7 Å². The molecule has 1 unspecified atom stereocenters. The molecule has 0 bridgehead atoms. The predicted molar refractivity (Wildman–Crippen MR) is 100 cm³/mol. The average Bonchev–Trinajstić information content (AvgIpc) is 3.12. The Kier molecular flexibility index (Phi) is 5.42. The Balaban J connectivity index is 1.97. The fraction of sp³-hybridized carbons (Fsp3) is 0.250. The molecular formula is C16H15ClN2O5S2. The van der Waals surface area contributed by atoms with Crippen molar-refractivity contribution in [2.75, 3.05) is 19.4 Å². The fourth-order valence-electron chi connectivity index (χ4n) is 2.67. The van der Waals surface area contributed by atoms with Crippen LogP contribution in [0.25, 0.3) is 0 Å². The highest BCUT2D eigenvalue weighted by atomic mass is 35.5. The minimum atomic E-state index is -3.75. The number of rotatable bonds is 5. The van der Waals surface area contributed by atoms with Crippen molar-refractivity contribution in [3.63, 3.8) is 0 Å². The molecule has 1 aliphatic rings. The van der Waals surface area contributed by atoms with Crippen molar-refractivity contribution >= 4 is 39.1 Å².